The number of nitrogens with zero attached hydrogens (tertiary/aromatic N) is 3. The molecule has 1 atom stereocenters. The van der Waals surface area contributed by atoms with Gasteiger partial charge in [-0.1, -0.05) is 0 Å². The normalized spacial score (nSPS) is 20.4. The van der Waals surface area contributed by atoms with Gasteiger partial charge in [0.25, 0.3) is 0 Å². The van der Waals surface area contributed by atoms with E-state index in [1.165, 1.54) is 19.2 Å². The monoisotopic (exact) mass is 236 g/mol. The number of rotatable bonds is 5. The Kier molecular flexibility index (Phi) is 4.25. The lowest BCUT2D eigenvalue weighted by molar-refractivity contribution is -0.119. The number of ketones is 1. The Labute approximate surface area is 102 Å². The molecule has 0 aromatic carbocycles. The van der Waals surface area contributed by atoms with Crippen molar-refractivity contribution >= 4 is 5.78 Å². The number of piperidine rings is 1. The van der Waals surface area contributed by atoms with Crippen molar-refractivity contribution in [2.24, 2.45) is 5.92 Å². The zero-order valence-electron chi connectivity index (χ0n) is 10.4. The van der Waals surface area contributed by atoms with Crippen LogP contribution in [-0.2, 0) is 17.8 Å². The molecule has 1 aromatic rings. The minimum absolute atomic E-state index is 0.279. The van der Waals surface area contributed by atoms with E-state index >= 15 is 0 Å². The number of Topliss-reactive ketones (excluding diaryl/α,β-unsaturated/α-hetero) is 1. The fourth-order valence-electron chi connectivity index (χ4n) is 2.36. The maximum Gasteiger partial charge on any atom is 0.140 e. The number of carbonyl (C=O) groups is 1. The van der Waals surface area contributed by atoms with Crippen LogP contribution in [0.5, 0.6) is 0 Å². The SMILES string of the molecule is CCn1ncnc1CC(=O)CC1CCCNC1. The van der Waals surface area contributed by atoms with E-state index in [2.05, 4.69) is 15.4 Å². The first kappa shape index (κ1) is 12.2. The Bertz CT molecular complexity index is 368. The van der Waals surface area contributed by atoms with Crippen LogP contribution >= 0.6 is 0 Å². The predicted molar refractivity (Wildman–Crippen MR) is 64.6 cm³/mol. The van der Waals surface area contributed by atoms with Crippen molar-refractivity contribution in [2.75, 3.05) is 13.1 Å². The third kappa shape index (κ3) is 3.36. The molecule has 2 rings (SSSR count). The summed E-state index contributed by atoms with van der Waals surface area (Å²) in [5.74, 6) is 1.58. The van der Waals surface area contributed by atoms with Gasteiger partial charge in [-0.15, -0.1) is 0 Å². The Balaban J connectivity index is 1.84. The molecule has 1 N–H and O–H groups in total. The second kappa shape index (κ2) is 5.91. The molecule has 94 valence electrons. The van der Waals surface area contributed by atoms with Gasteiger partial charge in [-0.3, -0.25) is 4.79 Å². The molecule has 1 aliphatic rings. The zero-order chi connectivity index (χ0) is 12.1. The Morgan fingerprint density at radius 1 is 1.65 bits per heavy atom. The molecule has 0 saturated carbocycles. The maximum atomic E-state index is 11.9. The van der Waals surface area contributed by atoms with Crippen LogP contribution in [0, 0.1) is 5.92 Å². The fraction of sp³-hybridized carbons (Fsp3) is 0.750. The van der Waals surface area contributed by atoms with Gasteiger partial charge in [-0.25, -0.2) is 9.67 Å². The van der Waals surface area contributed by atoms with Gasteiger partial charge < -0.3 is 5.32 Å². The van der Waals surface area contributed by atoms with Crippen molar-refractivity contribution in [3.63, 3.8) is 0 Å². The maximum absolute atomic E-state index is 11.9. The predicted octanol–water partition coefficient (Wildman–Crippen LogP) is 0.799. The molecule has 0 spiro atoms. The second-order valence-electron chi connectivity index (χ2n) is 4.62. The first-order chi connectivity index (χ1) is 8.29. The van der Waals surface area contributed by atoms with Crippen molar-refractivity contribution < 1.29 is 4.79 Å². The quantitative estimate of drug-likeness (QED) is 0.821. The van der Waals surface area contributed by atoms with Crippen molar-refractivity contribution in [2.45, 2.75) is 39.2 Å². The zero-order valence-corrected chi connectivity index (χ0v) is 10.4. The van der Waals surface area contributed by atoms with E-state index in [0.29, 0.717) is 18.8 Å². The summed E-state index contributed by atoms with van der Waals surface area (Å²) in [6.07, 6.45) is 4.96. The highest BCUT2D eigenvalue weighted by atomic mass is 16.1. The molecule has 0 aliphatic carbocycles. The molecule has 1 unspecified atom stereocenters. The lowest BCUT2D eigenvalue weighted by atomic mass is 9.93. The minimum atomic E-state index is 0.279. The first-order valence-electron chi connectivity index (χ1n) is 6.38. The smallest absolute Gasteiger partial charge is 0.140 e. The average molecular weight is 236 g/mol. The molecule has 0 amide bonds. The van der Waals surface area contributed by atoms with Gasteiger partial charge in [0.15, 0.2) is 0 Å². The van der Waals surface area contributed by atoms with Crippen LogP contribution in [-0.4, -0.2) is 33.6 Å². The average Bonchev–Trinajstić information content (AvgIpc) is 2.77. The van der Waals surface area contributed by atoms with E-state index < -0.39 is 0 Å². The summed E-state index contributed by atoms with van der Waals surface area (Å²) < 4.78 is 1.79. The number of nitrogens with one attached hydrogen (secondary N) is 1. The van der Waals surface area contributed by atoms with E-state index in [0.717, 1.165) is 25.5 Å². The number of aryl methyl sites for hydroxylation is 1. The highest BCUT2D eigenvalue weighted by Gasteiger charge is 2.18. The molecular formula is C12H20N4O. The van der Waals surface area contributed by atoms with Crippen molar-refractivity contribution in [1.82, 2.24) is 20.1 Å². The molecule has 0 radical (unpaired) electrons. The summed E-state index contributed by atoms with van der Waals surface area (Å²) in [6.45, 7) is 4.85. The largest absolute Gasteiger partial charge is 0.316 e. The molecule has 1 aromatic heterocycles. The van der Waals surface area contributed by atoms with Gasteiger partial charge in [0.1, 0.15) is 17.9 Å². The number of hydrogen-bond donors (Lipinski definition) is 1. The second-order valence-corrected chi connectivity index (χ2v) is 4.62. The summed E-state index contributed by atoms with van der Waals surface area (Å²) in [5.41, 5.74) is 0. The van der Waals surface area contributed by atoms with Crippen LogP contribution < -0.4 is 5.32 Å². The Hall–Kier alpha value is -1.23. The Morgan fingerprint density at radius 3 is 3.24 bits per heavy atom. The van der Waals surface area contributed by atoms with E-state index in [1.54, 1.807) is 4.68 Å². The number of hydrogen-bond acceptors (Lipinski definition) is 4. The van der Waals surface area contributed by atoms with E-state index in [4.69, 9.17) is 0 Å². The van der Waals surface area contributed by atoms with Gasteiger partial charge in [0, 0.05) is 13.0 Å². The molecule has 1 aliphatic heterocycles. The van der Waals surface area contributed by atoms with Gasteiger partial charge in [0.05, 0.1) is 6.42 Å². The van der Waals surface area contributed by atoms with Crippen molar-refractivity contribution in [3.8, 4) is 0 Å². The molecule has 5 nitrogen and oxygen atoms in total. The molecule has 0 bridgehead atoms. The molecule has 5 heteroatoms. The van der Waals surface area contributed by atoms with Gasteiger partial charge in [-0.2, -0.15) is 5.10 Å². The Morgan fingerprint density at radius 2 is 2.53 bits per heavy atom. The van der Waals surface area contributed by atoms with Crippen LogP contribution in [0.3, 0.4) is 0 Å². The van der Waals surface area contributed by atoms with Crippen LogP contribution in [0.25, 0.3) is 0 Å². The van der Waals surface area contributed by atoms with Gasteiger partial charge in [-0.05, 0) is 38.8 Å². The van der Waals surface area contributed by atoms with Gasteiger partial charge in [0.2, 0.25) is 0 Å². The summed E-state index contributed by atoms with van der Waals surface area (Å²) >= 11 is 0. The molecule has 17 heavy (non-hydrogen) atoms. The number of aromatic nitrogens is 3. The van der Waals surface area contributed by atoms with Gasteiger partial charge >= 0.3 is 0 Å². The third-order valence-electron chi connectivity index (χ3n) is 3.27. The lowest BCUT2D eigenvalue weighted by Crippen LogP contribution is -2.31. The van der Waals surface area contributed by atoms with Crippen molar-refractivity contribution in [1.29, 1.82) is 0 Å². The van der Waals surface area contributed by atoms with Crippen LogP contribution in [0.1, 0.15) is 32.0 Å². The summed E-state index contributed by atoms with van der Waals surface area (Å²) in [4.78, 5) is 16.1. The van der Waals surface area contributed by atoms with E-state index in [9.17, 15) is 4.79 Å². The summed E-state index contributed by atoms with van der Waals surface area (Å²) in [6, 6.07) is 0. The van der Waals surface area contributed by atoms with Crippen molar-refractivity contribution in [3.05, 3.63) is 12.2 Å². The minimum Gasteiger partial charge on any atom is -0.316 e. The first-order valence-corrected chi connectivity index (χ1v) is 6.38. The van der Waals surface area contributed by atoms with Crippen LogP contribution in [0.4, 0.5) is 0 Å². The number of carbonyl (C=O) groups excluding carboxylic acids is 1. The molecule has 1 saturated heterocycles. The fourth-order valence-corrected chi connectivity index (χ4v) is 2.36. The lowest BCUT2D eigenvalue weighted by Gasteiger charge is -2.21. The third-order valence-corrected chi connectivity index (χ3v) is 3.27. The highest BCUT2D eigenvalue weighted by molar-refractivity contribution is 5.80. The molecular weight excluding hydrogens is 216 g/mol. The molecule has 1 fully saturated rings. The highest BCUT2D eigenvalue weighted by Crippen LogP contribution is 2.15. The van der Waals surface area contributed by atoms with E-state index in [-0.39, 0.29) is 5.78 Å². The standard InChI is InChI=1S/C12H20N4O/c1-2-16-12(14-9-15-16)7-11(17)6-10-4-3-5-13-8-10/h9-10,13H,2-8H2,1H3. The van der Waals surface area contributed by atoms with Crippen LogP contribution in [0.2, 0.25) is 0 Å². The summed E-state index contributed by atoms with van der Waals surface area (Å²) in [7, 11) is 0. The topological polar surface area (TPSA) is 59.8 Å². The van der Waals surface area contributed by atoms with E-state index in [1.807, 2.05) is 6.92 Å². The molecule has 2 heterocycles. The summed E-state index contributed by atoms with van der Waals surface area (Å²) in [5, 5.41) is 7.41. The van der Waals surface area contributed by atoms with Crippen LogP contribution in [0.15, 0.2) is 6.33 Å².